The summed E-state index contributed by atoms with van der Waals surface area (Å²) in [6, 6.07) is 0.685. The molecule has 0 bridgehead atoms. The molecule has 13 heavy (non-hydrogen) atoms. The predicted octanol–water partition coefficient (Wildman–Crippen LogP) is -0.447. The van der Waals surface area contributed by atoms with Crippen molar-refractivity contribution in [2.75, 3.05) is 53.6 Å². The van der Waals surface area contributed by atoms with Gasteiger partial charge >= 0.3 is 0 Å². The van der Waals surface area contributed by atoms with Gasteiger partial charge in [-0.2, -0.15) is 0 Å². The average Bonchev–Trinajstić information content (AvgIpc) is 2.06. The van der Waals surface area contributed by atoms with Crippen LogP contribution in [0, 0.1) is 0 Å². The second kappa shape index (κ2) is 6.32. The van der Waals surface area contributed by atoms with E-state index in [4.69, 9.17) is 9.47 Å². The molecule has 0 unspecified atom stereocenters. The number of hydrogen-bond donors (Lipinski definition) is 1. The van der Waals surface area contributed by atoms with Gasteiger partial charge in [-0.05, 0) is 0 Å². The normalized spacial score (nSPS) is 17.8. The zero-order valence-electron chi connectivity index (χ0n) is 8.58. The maximum atomic E-state index is 5.07. The summed E-state index contributed by atoms with van der Waals surface area (Å²) in [5.41, 5.74) is 0. The van der Waals surface area contributed by atoms with Crippen LogP contribution in [0.5, 0.6) is 0 Å². The molecular weight excluding hydrogens is 168 g/mol. The Morgan fingerprint density at radius 1 is 1.15 bits per heavy atom. The van der Waals surface area contributed by atoms with E-state index in [0.29, 0.717) is 6.04 Å². The van der Waals surface area contributed by atoms with Gasteiger partial charge in [-0.25, -0.2) is 0 Å². The lowest BCUT2D eigenvalue weighted by atomic mass is 10.1. The van der Waals surface area contributed by atoms with Crippen LogP contribution in [0.4, 0.5) is 0 Å². The molecule has 0 radical (unpaired) electrons. The Hall–Kier alpha value is -0.160. The minimum Gasteiger partial charge on any atom is -0.383 e. The van der Waals surface area contributed by atoms with Crippen molar-refractivity contribution < 1.29 is 9.47 Å². The molecule has 0 aromatic rings. The third-order valence-electron chi connectivity index (χ3n) is 2.44. The maximum absolute atomic E-state index is 5.07. The highest BCUT2D eigenvalue weighted by Gasteiger charge is 2.23. The molecule has 0 aliphatic carbocycles. The summed E-state index contributed by atoms with van der Waals surface area (Å²) in [5, 5.41) is 3.27. The molecule has 1 rings (SSSR count). The maximum Gasteiger partial charge on any atom is 0.0589 e. The van der Waals surface area contributed by atoms with Crippen LogP contribution >= 0.6 is 0 Å². The summed E-state index contributed by atoms with van der Waals surface area (Å²) in [6.07, 6.45) is 0. The van der Waals surface area contributed by atoms with E-state index in [9.17, 15) is 0 Å². The Morgan fingerprint density at radius 3 is 2.00 bits per heavy atom. The van der Waals surface area contributed by atoms with Gasteiger partial charge in [-0.1, -0.05) is 0 Å². The molecule has 1 fully saturated rings. The van der Waals surface area contributed by atoms with Crippen molar-refractivity contribution in [2.45, 2.75) is 6.04 Å². The molecular formula is C9H20N2O2. The van der Waals surface area contributed by atoms with E-state index >= 15 is 0 Å². The van der Waals surface area contributed by atoms with Crippen molar-refractivity contribution >= 4 is 0 Å². The molecule has 0 aromatic heterocycles. The SMILES string of the molecule is COCCN(CCOC)C1CNC1. The number of hydrogen-bond acceptors (Lipinski definition) is 4. The smallest absolute Gasteiger partial charge is 0.0589 e. The van der Waals surface area contributed by atoms with E-state index in [2.05, 4.69) is 10.2 Å². The number of methoxy groups -OCH3 is 2. The minimum atomic E-state index is 0.685. The van der Waals surface area contributed by atoms with E-state index in [0.717, 1.165) is 39.4 Å². The molecule has 0 atom stereocenters. The molecule has 1 aliphatic heterocycles. The Labute approximate surface area is 80.2 Å². The van der Waals surface area contributed by atoms with Crippen LogP contribution in [-0.4, -0.2) is 64.6 Å². The lowest BCUT2D eigenvalue weighted by molar-refractivity contribution is 0.0689. The van der Waals surface area contributed by atoms with Crippen LogP contribution in [0.3, 0.4) is 0 Å². The van der Waals surface area contributed by atoms with Gasteiger partial charge in [0.1, 0.15) is 0 Å². The van der Waals surface area contributed by atoms with Crippen molar-refractivity contribution in [3.63, 3.8) is 0 Å². The lowest BCUT2D eigenvalue weighted by Crippen LogP contribution is -2.58. The summed E-state index contributed by atoms with van der Waals surface area (Å²) in [7, 11) is 3.49. The molecule has 4 heteroatoms. The molecule has 1 saturated heterocycles. The highest BCUT2D eigenvalue weighted by molar-refractivity contribution is 4.84. The first kappa shape index (κ1) is 10.9. The van der Waals surface area contributed by atoms with Crippen LogP contribution in [-0.2, 0) is 9.47 Å². The van der Waals surface area contributed by atoms with Crippen LogP contribution < -0.4 is 5.32 Å². The van der Waals surface area contributed by atoms with Gasteiger partial charge in [-0.15, -0.1) is 0 Å². The van der Waals surface area contributed by atoms with Crippen LogP contribution in [0.25, 0.3) is 0 Å². The fraction of sp³-hybridized carbons (Fsp3) is 1.00. The van der Waals surface area contributed by atoms with Gasteiger partial charge in [0.15, 0.2) is 0 Å². The second-order valence-electron chi connectivity index (χ2n) is 3.33. The monoisotopic (exact) mass is 188 g/mol. The fourth-order valence-electron chi connectivity index (χ4n) is 1.43. The highest BCUT2D eigenvalue weighted by Crippen LogP contribution is 2.03. The molecule has 0 aromatic carbocycles. The van der Waals surface area contributed by atoms with Crippen molar-refractivity contribution in [2.24, 2.45) is 0 Å². The van der Waals surface area contributed by atoms with Crippen LogP contribution in [0.1, 0.15) is 0 Å². The summed E-state index contributed by atoms with van der Waals surface area (Å²) in [4.78, 5) is 2.42. The lowest BCUT2D eigenvalue weighted by Gasteiger charge is -2.38. The molecule has 0 amide bonds. The quantitative estimate of drug-likeness (QED) is 0.587. The number of nitrogens with zero attached hydrogens (tertiary/aromatic N) is 1. The summed E-state index contributed by atoms with van der Waals surface area (Å²) >= 11 is 0. The average molecular weight is 188 g/mol. The number of rotatable bonds is 7. The molecule has 4 nitrogen and oxygen atoms in total. The van der Waals surface area contributed by atoms with Crippen LogP contribution in [0.2, 0.25) is 0 Å². The van der Waals surface area contributed by atoms with E-state index in [1.807, 2.05) is 0 Å². The highest BCUT2D eigenvalue weighted by atomic mass is 16.5. The first-order valence-electron chi connectivity index (χ1n) is 4.81. The van der Waals surface area contributed by atoms with E-state index in [-0.39, 0.29) is 0 Å². The number of nitrogens with one attached hydrogen (secondary N) is 1. The fourth-order valence-corrected chi connectivity index (χ4v) is 1.43. The number of ether oxygens (including phenoxy) is 2. The predicted molar refractivity (Wildman–Crippen MR) is 52.0 cm³/mol. The minimum absolute atomic E-state index is 0.685. The Morgan fingerprint density at radius 2 is 1.69 bits per heavy atom. The zero-order valence-corrected chi connectivity index (χ0v) is 8.58. The third kappa shape index (κ3) is 3.60. The zero-order chi connectivity index (χ0) is 9.52. The second-order valence-corrected chi connectivity index (χ2v) is 3.33. The molecule has 78 valence electrons. The van der Waals surface area contributed by atoms with Gasteiger partial charge in [-0.3, -0.25) is 4.90 Å². The van der Waals surface area contributed by atoms with Crippen molar-refractivity contribution in [3.05, 3.63) is 0 Å². The molecule has 0 spiro atoms. The Bertz CT molecular complexity index is 121. The topological polar surface area (TPSA) is 33.7 Å². The Kier molecular flexibility index (Phi) is 5.31. The third-order valence-corrected chi connectivity index (χ3v) is 2.44. The van der Waals surface area contributed by atoms with E-state index in [1.165, 1.54) is 0 Å². The first-order chi connectivity index (χ1) is 6.38. The first-order valence-corrected chi connectivity index (χ1v) is 4.81. The van der Waals surface area contributed by atoms with Crippen LogP contribution in [0.15, 0.2) is 0 Å². The van der Waals surface area contributed by atoms with Gasteiger partial charge in [0, 0.05) is 46.4 Å². The van der Waals surface area contributed by atoms with E-state index in [1.54, 1.807) is 14.2 Å². The van der Waals surface area contributed by atoms with Gasteiger partial charge in [0.2, 0.25) is 0 Å². The summed E-state index contributed by atoms with van der Waals surface area (Å²) in [5.74, 6) is 0. The van der Waals surface area contributed by atoms with Crippen molar-refractivity contribution in [1.82, 2.24) is 10.2 Å². The largest absolute Gasteiger partial charge is 0.383 e. The summed E-state index contributed by atoms with van der Waals surface area (Å²) in [6.45, 7) is 5.83. The van der Waals surface area contributed by atoms with Gasteiger partial charge < -0.3 is 14.8 Å². The van der Waals surface area contributed by atoms with E-state index < -0.39 is 0 Å². The Balaban J connectivity index is 2.16. The molecule has 1 N–H and O–H groups in total. The van der Waals surface area contributed by atoms with Gasteiger partial charge in [0.25, 0.3) is 0 Å². The van der Waals surface area contributed by atoms with Crippen molar-refractivity contribution in [1.29, 1.82) is 0 Å². The molecule has 1 aliphatic rings. The van der Waals surface area contributed by atoms with Gasteiger partial charge in [0.05, 0.1) is 13.2 Å². The van der Waals surface area contributed by atoms with Crippen molar-refractivity contribution in [3.8, 4) is 0 Å². The molecule has 0 saturated carbocycles. The summed E-state index contributed by atoms with van der Waals surface area (Å²) < 4.78 is 10.1. The standard InChI is InChI=1S/C9H20N2O2/c1-12-5-3-11(4-6-13-2)9-7-10-8-9/h9-10H,3-8H2,1-2H3. The molecule has 1 heterocycles.